The second-order valence-corrected chi connectivity index (χ2v) is 5.70. The molecule has 0 radical (unpaired) electrons. The van der Waals surface area contributed by atoms with Crippen LogP contribution >= 0.6 is 15.9 Å². The van der Waals surface area contributed by atoms with E-state index in [2.05, 4.69) is 20.9 Å². The van der Waals surface area contributed by atoms with Gasteiger partial charge in [0.2, 0.25) is 5.88 Å². The molecule has 1 aromatic heterocycles. The van der Waals surface area contributed by atoms with E-state index in [9.17, 15) is 14.3 Å². The van der Waals surface area contributed by atoms with Crippen molar-refractivity contribution in [2.24, 2.45) is 0 Å². The summed E-state index contributed by atoms with van der Waals surface area (Å²) in [6.45, 7) is 0. The fraction of sp³-hybridized carbons (Fsp3) is 0.200. The average molecular weight is 352 g/mol. The van der Waals surface area contributed by atoms with Gasteiger partial charge in [-0.05, 0) is 49.1 Å². The van der Waals surface area contributed by atoms with Crippen LogP contribution in [0.25, 0.3) is 0 Å². The summed E-state index contributed by atoms with van der Waals surface area (Å²) in [4.78, 5) is 15.6. The van der Waals surface area contributed by atoms with E-state index in [1.54, 1.807) is 12.1 Å². The number of carboxylic acids is 1. The minimum absolute atomic E-state index is 0.0435. The smallest absolute Gasteiger partial charge is 0.341 e. The molecule has 6 heteroatoms. The van der Waals surface area contributed by atoms with Crippen molar-refractivity contribution in [3.8, 4) is 11.6 Å². The van der Waals surface area contributed by atoms with Crippen LogP contribution in [0.5, 0.6) is 11.6 Å². The lowest BCUT2D eigenvalue weighted by atomic mass is 10.1. The zero-order valence-electron chi connectivity index (χ0n) is 10.9. The highest BCUT2D eigenvalue weighted by atomic mass is 79.9. The van der Waals surface area contributed by atoms with Crippen molar-refractivity contribution in [2.75, 3.05) is 0 Å². The standard InChI is InChI=1S/C15H11BrFNO3/c16-9-4-5-13(11(17)7-9)21-14-10(15(19)20)6-8-2-1-3-12(8)18-14/h4-7H,1-3H2,(H,19,20). The van der Waals surface area contributed by atoms with Crippen LogP contribution in [0.2, 0.25) is 0 Å². The van der Waals surface area contributed by atoms with Gasteiger partial charge in [-0.1, -0.05) is 15.9 Å². The number of halogens is 2. The Morgan fingerprint density at radius 2 is 2.14 bits per heavy atom. The summed E-state index contributed by atoms with van der Waals surface area (Å²) in [5, 5.41) is 9.27. The summed E-state index contributed by atoms with van der Waals surface area (Å²) in [5.41, 5.74) is 1.71. The van der Waals surface area contributed by atoms with E-state index in [-0.39, 0.29) is 17.2 Å². The Balaban J connectivity index is 2.03. The zero-order chi connectivity index (χ0) is 15.0. The molecule has 0 saturated carbocycles. The van der Waals surface area contributed by atoms with Crippen molar-refractivity contribution in [3.05, 3.63) is 51.4 Å². The molecule has 1 N–H and O–H groups in total. The molecular weight excluding hydrogens is 341 g/mol. The van der Waals surface area contributed by atoms with Gasteiger partial charge >= 0.3 is 5.97 Å². The molecule has 2 aromatic rings. The molecule has 1 heterocycles. The van der Waals surface area contributed by atoms with Crippen LogP contribution in [-0.2, 0) is 12.8 Å². The van der Waals surface area contributed by atoms with Crippen LogP contribution in [0, 0.1) is 5.82 Å². The molecule has 0 saturated heterocycles. The van der Waals surface area contributed by atoms with Crippen molar-refractivity contribution in [1.82, 2.24) is 4.98 Å². The second-order valence-electron chi connectivity index (χ2n) is 4.78. The van der Waals surface area contributed by atoms with Crippen molar-refractivity contribution in [3.63, 3.8) is 0 Å². The molecule has 0 spiro atoms. The number of rotatable bonds is 3. The number of pyridine rings is 1. The molecule has 0 unspecified atom stereocenters. The van der Waals surface area contributed by atoms with E-state index in [1.165, 1.54) is 12.1 Å². The third-order valence-corrected chi connectivity index (χ3v) is 3.84. The van der Waals surface area contributed by atoms with Gasteiger partial charge in [0.1, 0.15) is 5.56 Å². The zero-order valence-corrected chi connectivity index (χ0v) is 12.5. The average Bonchev–Trinajstić information content (AvgIpc) is 2.88. The largest absolute Gasteiger partial charge is 0.477 e. The van der Waals surface area contributed by atoms with E-state index >= 15 is 0 Å². The van der Waals surface area contributed by atoms with Gasteiger partial charge in [0.25, 0.3) is 0 Å². The number of fused-ring (bicyclic) bond motifs is 1. The van der Waals surface area contributed by atoms with E-state index in [0.29, 0.717) is 4.47 Å². The lowest BCUT2D eigenvalue weighted by Gasteiger charge is -2.11. The first-order valence-corrected chi connectivity index (χ1v) is 7.23. The molecule has 3 rings (SSSR count). The minimum Gasteiger partial charge on any atom is -0.477 e. The number of ether oxygens (including phenoxy) is 1. The van der Waals surface area contributed by atoms with Crippen LogP contribution in [0.3, 0.4) is 0 Å². The van der Waals surface area contributed by atoms with Crippen LogP contribution in [-0.4, -0.2) is 16.1 Å². The van der Waals surface area contributed by atoms with E-state index in [0.717, 1.165) is 30.5 Å². The van der Waals surface area contributed by atoms with Gasteiger partial charge in [0.05, 0.1) is 0 Å². The number of aromatic carboxylic acids is 1. The summed E-state index contributed by atoms with van der Waals surface area (Å²) in [6.07, 6.45) is 2.54. The molecular formula is C15H11BrFNO3. The number of nitrogens with zero attached hydrogens (tertiary/aromatic N) is 1. The van der Waals surface area contributed by atoms with Crippen LogP contribution in [0.1, 0.15) is 28.0 Å². The van der Waals surface area contributed by atoms with Gasteiger partial charge in [0, 0.05) is 10.2 Å². The SMILES string of the molecule is O=C(O)c1cc2c(nc1Oc1ccc(Br)cc1F)CCC2. The predicted octanol–water partition coefficient (Wildman–Crippen LogP) is 3.96. The fourth-order valence-corrected chi connectivity index (χ4v) is 2.68. The molecule has 1 aromatic carbocycles. The van der Waals surface area contributed by atoms with Crippen molar-refractivity contribution < 1.29 is 19.0 Å². The Labute approximate surface area is 128 Å². The van der Waals surface area contributed by atoms with Gasteiger partial charge < -0.3 is 9.84 Å². The van der Waals surface area contributed by atoms with E-state index in [1.807, 2.05) is 0 Å². The molecule has 0 aliphatic heterocycles. The number of aryl methyl sites for hydroxylation is 2. The van der Waals surface area contributed by atoms with Crippen LogP contribution in [0.4, 0.5) is 4.39 Å². The maximum Gasteiger partial charge on any atom is 0.341 e. The van der Waals surface area contributed by atoms with Crippen LogP contribution < -0.4 is 4.74 Å². The van der Waals surface area contributed by atoms with Crippen molar-refractivity contribution >= 4 is 21.9 Å². The van der Waals surface area contributed by atoms with Crippen molar-refractivity contribution in [1.29, 1.82) is 0 Å². The Bertz CT molecular complexity index is 733. The highest BCUT2D eigenvalue weighted by molar-refractivity contribution is 9.10. The predicted molar refractivity (Wildman–Crippen MR) is 77.4 cm³/mol. The Morgan fingerprint density at radius 1 is 1.33 bits per heavy atom. The summed E-state index contributed by atoms with van der Waals surface area (Å²) < 4.78 is 19.8. The molecule has 1 aliphatic rings. The van der Waals surface area contributed by atoms with Crippen molar-refractivity contribution in [2.45, 2.75) is 19.3 Å². The van der Waals surface area contributed by atoms with Gasteiger partial charge in [-0.25, -0.2) is 14.2 Å². The number of benzene rings is 1. The molecule has 4 nitrogen and oxygen atoms in total. The Hall–Kier alpha value is -1.95. The lowest BCUT2D eigenvalue weighted by molar-refractivity contribution is 0.0693. The quantitative estimate of drug-likeness (QED) is 0.908. The second kappa shape index (κ2) is 5.44. The number of hydrogen-bond donors (Lipinski definition) is 1. The molecule has 0 amide bonds. The van der Waals surface area contributed by atoms with E-state index in [4.69, 9.17) is 4.74 Å². The summed E-state index contributed by atoms with van der Waals surface area (Å²) in [5.74, 6) is -1.83. The molecule has 0 fully saturated rings. The van der Waals surface area contributed by atoms with Gasteiger partial charge in [-0.15, -0.1) is 0 Å². The normalized spacial score (nSPS) is 13.0. The lowest BCUT2D eigenvalue weighted by Crippen LogP contribution is -2.05. The number of hydrogen-bond acceptors (Lipinski definition) is 3. The summed E-state index contributed by atoms with van der Waals surface area (Å²) in [7, 11) is 0. The number of carbonyl (C=O) groups is 1. The monoisotopic (exact) mass is 351 g/mol. The van der Waals surface area contributed by atoms with Gasteiger partial charge in [-0.2, -0.15) is 0 Å². The fourth-order valence-electron chi connectivity index (χ4n) is 2.35. The first-order chi connectivity index (χ1) is 10.0. The highest BCUT2D eigenvalue weighted by Crippen LogP contribution is 2.31. The maximum absolute atomic E-state index is 13.8. The summed E-state index contributed by atoms with van der Waals surface area (Å²) >= 11 is 3.15. The third kappa shape index (κ3) is 2.76. The van der Waals surface area contributed by atoms with Gasteiger partial charge in [-0.3, -0.25) is 0 Å². The Morgan fingerprint density at radius 3 is 2.86 bits per heavy atom. The molecule has 0 bridgehead atoms. The third-order valence-electron chi connectivity index (χ3n) is 3.35. The Kier molecular flexibility index (Phi) is 3.63. The van der Waals surface area contributed by atoms with E-state index < -0.39 is 11.8 Å². The molecule has 1 aliphatic carbocycles. The summed E-state index contributed by atoms with van der Waals surface area (Å²) in [6, 6.07) is 5.87. The topological polar surface area (TPSA) is 59.4 Å². The number of aromatic nitrogens is 1. The molecule has 0 atom stereocenters. The van der Waals surface area contributed by atoms with Crippen LogP contribution in [0.15, 0.2) is 28.7 Å². The van der Waals surface area contributed by atoms with Gasteiger partial charge in [0.15, 0.2) is 11.6 Å². The minimum atomic E-state index is -1.13. The maximum atomic E-state index is 13.8. The molecule has 21 heavy (non-hydrogen) atoms. The molecule has 108 valence electrons. The first-order valence-electron chi connectivity index (χ1n) is 6.43. The first kappa shape index (κ1) is 14.0. The number of carboxylic acid groups (broad SMARTS) is 1. The highest BCUT2D eigenvalue weighted by Gasteiger charge is 2.22.